The number of rotatable bonds is 7. The Morgan fingerprint density at radius 2 is 2.09 bits per heavy atom. The molecule has 0 aliphatic heterocycles. The monoisotopic (exact) mass is 301 g/mol. The van der Waals surface area contributed by atoms with Crippen molar-refractivity contribution in [2.75, 3.05) is 13.7 Å². The van der Waals surface area contributed by atoms with Crippen LogP contribution in [0, 0.1) is 0 Å². The van der Waals surface area contributed by atoms with Crippen LogP contribution in [0.2, 0.25) is 0 Å². The maximum atomic E-state index is 11.0. The summed E-state index contributed by atoms with van der Waals surface area (Å²) in [5.41, 5.74) is 0.928. The van der Waals surface area contributed by atoms with Crippen LogP contribution in [-0.2, 0) is 23.1 Å². The molecule has 0 unspecified atom stereocenters. The summed E-state index contributed by atoms with van der Waals surface area (Å²) in [5, 5.41) is 0. The summed E-state index contributed by atoms with van der Waals surface area (Å²) >= 11 is 0. The quantitative estimate of drug-likeness (QED) is 0.340. The highest BCUT2D eigenvalue weighted by Crippen LogP contribution is 2.13. The van der Waals surface area contributed by atoms with Gasteiger partial charge in [-0.3, -0.25) is 0 Å². The zero-order valence-electron chi connectivity index (χ0n) is 12.9. The molecular formula is C17H21N2O3+. The molecule has 2 rings (SSSR count). The minimum absolute atomic E-state index is 0.362. The molecule has 5 nitrogen and oxygen atoms in total. The second-order valence-corrected chi connectivity index (χ2v) is 4.94. The van der Waals surface area contributed by atoms with Gasteiger partial charge in [0.25, 0.3) is 0 Å². The number of hydrogen-bond acceptors (Lipinski definition) is 3. The lowest BCUT2D eigenvalue weighted by molar-refractivity contribution is -0.671. The number of carbonyl (C=O) groups is 1. The van der Waals surface area contributed by atoms with Crippen molar-refractivity contribution in [1.82, 2.24) is 4.57 Å². The van der Waals surface area contributed by atoms with E-state index >= 15 is 0 Å². The fourth-order valence-corrected chi connectivity index (χ4v) is 1.98. The van der Waals surface area contributed by atoms with Crippen LogP contribution in [-0.4, -0.2) is 24.3 Å². The number of nitrogens with zero attached hydrogens (tertiary/aromatic N) is 2. The molecule has 2 aromatic rings. The first-order valence-electron chi connectivity index (χ1n) is 7.17. The van der Waals surface area contributed by atoms with Crippen molar-refractivity contribution in [2.45, 2.75) is 13.0 Å². The van der Waals surface area contributed by atoms with E-state index in [-0.39, 0.29) is 5.97 Å². The number of benzene rings is 1. The third kappa shape index (κ3) is 5.09. The number of esters is 1. The molecule has 0 saturated heterocycles. The first kappa shape index (κ1) is 15.8. The largest absolute Gasteiger partial charge is 0.493 e. The minimum atomic E-state index is -0.362. The topological polar surface area (TPSA) is 44.3 Å². The average Bonchev–Trinajstić information content (AvgIpc) is 2.95. The molecule has 0 amide bonds. The van der Waals surface area contributed by atoms with Crippen LogP contribution in [0.3, 0.4) is 0 Å². The van der Waals surface area contributed by atoms with Crippen molar-refractivity contribution >= 4 is 12.0 Å². The zero-order valence-corrected chi connectivity index (χ0v) is 12.9. The van der Waals surface area contributed by atoms with Crippen molar-refractivity contribution < 1.29 is 18.8 Å². The molecule has 0 bridgehead atoms. The number of methoxy groups -OCH3 is 1. The van der Waals surface area contributed by atoms with Gasteiger partial charge in [0, 0.05) is 12.5 Å². The fourth-order valence-electron chi connectivity index (χ4n) is 1.98. The Kier molecular flexibility index (Phi) is 5.77. The van der Waals surface area contributed by atoms with E-state index in [1.807, 2.05) is 54.6 Å². The van der Waals surface area contributed by atoms with Crippen LogP contribution in [0.5, 0.6) is 5.75 Å². The number of aromatic nitrogens is 2. The van der Waals surface area contributed by atoms with Crippen LogP contribution in [0.1, 0.15) is 12.0 Å². The number of hydrogen-bond donors (Lipinski definition) is 0. The van der Waals surface area contributed by atoms with Gasteiger partial charge in [-0.25, -0.2) is 13.9 Å². The summed E-state index contributed by atoms with van der Waals surface area (Å²) < 4.78 is 14.4. The molecule has 0 N–H and O–H groups in total. The van der Waals surface area contributed by atoms with Gasteiger partial charge < -0.3 is 9.47 Å². The van der Waals surface area contributed by atoms with Gasteiger partial charge in [0.1, 0.15) is 18.1 Å². The molecule has 22 heavy (non-hydrogen) atoms. The summed E-state index contributed by atoms with van der Waals surface area (Å²) in [6.45, 7) is 1.60. The second kappa shape index (κ2) is 8.02. The second-order valence-electron chi connectivity index (χ2n) is 4.94. The van der Waals surface area contributed by atoms with Gasteiger partial charge >= 0.3 is 5.97 Å². The smallest absolute Gasteiger partial charge is 0.330 e. The predicted octanol–water partition coefficient (Wildman–Crippen LogP) is 1.97. The minimum Gasteiger partial charge on any atom is -0.493 e. The van der Waals surface area contributed by atoms with Gasteiger partial charge in [0.2, 0.25) is 6.33 Å². The Morgan fingerprint density at radius 3 is 2.73 bits per heavy atom. The van der Waals surface area contributed by atoms with E-state index in [1.54, 1.807) is 6.08 Å². The molecule has 0 saturated carbocycles. The van der Waals surface area contributed by atoms with Gasteiger partial charge in [0.15, 0.2) is 0 Å². The number of ether oxygens (including phenoxy) is 2. The van der Waals surface area contributed by atoms with Crippen LogP contribution in [0.15, 0.2) is 49.1 Å². The van der Waals surface area contributed by atoms with Gasteiger partial charge in [0.05, 0.1) is 27.3 Å². The van der Waals surface area contributed by atoms with Crippen molar-refractivity contribution in [3.63, 3.8) is 0 Å². The molecule has 0 aliphatic carbocycles. The maximum absolute atomic E-state index is 11.0. The van der Waals surface area contributed by atoms with Crippen LogP contribution < -0.4 is 9.30 Å². The predicted molar refractivity (Wildman–Crippen MR) is 83.2 cm³/mol. The van der Waals surface area contributed by atoms with E-state index in [2.05, 4.69) is 9.30 Å². The summed E-state index contributed by atoms with van der Waals surface area (Å²) in [6, 6.07) is 7.60. The zero-order chi connectivity index (χ0) is 15.8. The molecule has 0 spiro atoms. The van der Waals surface area contributed by atoms with Gasteiger partial charge in [-0.1, -0.05) is 12.1 Å². The number of aryl methyl sites for hydroxylation is 2. The molecule has 1 aromatic heterocycles. The summed E-state index contributed by atoms with van der Waals surface area (Å²) in [7, 11) is 3.36. The molecule has 0 atom stereocenters. The molecule has 5 heteroatoms. The lowest BCUT2D eigenvalue weighted by Crippen LogP contribution is -2.23. The van der Waals surface area contributed by atoms with E-state index in [4.69, 9.17) is 4.74 Å². The molecule has 1 aromatic carbocycles. The first-order chi connectivity index (χ1) is 10.7. The van der Waals surface area contributed by atoms with Gasteiger partial charge in [-0.05, 0) is 23.8 Å². The van der Waals surface area contributed by atoms with Crippen LogP contribution in [0.4, 0.5) is 0 Å². The highest BCUT2D eigenvalue weighted by atomic mass is 16.5. The van der Waals surface area contributed by atoms with Crippen molar-refractivity contribution in [2.24, 2.45) is 7.05 Å². The lowest BCUT2D eigenvalue weighted by atomic mass is 10.2. The SMILES string of the molecule is COC(=O)/C=C/c1ccc(OCCCn2cc[n+](C)c2)cc1. The Balaban J connectivity index is 1.74. The van der Waals surface area contributed by atoms with Crippen molar-refractivity contribution in [3.8, 4) is 5.75 Å². The third-order valence-electron chi connectivity index (χ3n) is 3.15. The third-order valence-corrected chi connectivity index (χ3v) is 3.15. The van der Waals surface area contributed by atoms with E-state index < -0.39 is 0 Å². The highest BCUT2D eigenvalue weighted by molar-refractivity contribution is 5.86. The van der Waals surface area contributed by atoms with Crippen LogP contribution in [0.25, 0.3) is 6.08 Å². The standard InChI is InChI=1S/C17H21N2O3/c1-18-11-12-19(14-18)10-3-13-22-16-7-4-15(5-8-16)6-9-17(20)21-2/h4-9,11-12,14H,3,10,13H2,1-2H3/q+1/b9-6+. The lowest BCUT2D eigenvalue weighted by Gasteiger charge is -2.05. The molecule has 1 heterocycles. The van der Waals surface area contributed by atoms with Gasteiger partial charge in [-0.15, -0.1) is 0 Å². The summed E-state index contributed by atoms with van der Waals surface area (Å²) in [6.07, 6.45) is 10.2. The Hall–Kier alpha value is -2.56. The van der Waals surface area contributed by atoms with Crippen molar-refractivity contribution in [3.05, 3.63) is 54.6 Å². The number of imidazole rings is 1. The first-order valence-corrected chi connectivity index (χ1v) is 7.17. The Labute approximate surface area is 130 Å². The molecule has 0 radical (unpaired) electrons. The van der Waals surface area contributed by atoms with E-state index in [9.17, 15) is 4.79 Å². The van der Waals surface area contributed by atoms with E-state index in [0.29, 0.717) is 6.61 Å². The Morgan fingerprint density at radius 1 is 1.32 bits per heavy atom. The summed E-state index contributed by atoms with van der Waals surface area (Å²) in [5.74, 6) is 0.465. The molecule has 0 aliphatic rings. The highest BCUT2D eigenvalue weighted by Gasteiger charge is 2.00. The molecule has 0 fully saturated rings. The van der Waals surface area contributed by atoms with Gasteiger partial charge in [-0.2, -0.15) is 0 Å². The van der Waals surface area contributed by atoms with Crippen molar-refractivity contribution in [1.29, 1.82) is 0 Å². The molecular weight excluding hydrogens is 280 g/mol. The number of carbonyl (C=O) groups excluding carboxylic acids is 1. The maximum Gasteiger partial charge on any atom is 0.330 e. The Bertz CT molecular complexity index is 630. The van der Waals surface area contributed by atoms with E-state index in [1.165, 1.54) is 13.2 Å². The van der Waals surface area contributed by atoms with E-state index in [0.717, 1.165) is 24.3 Å². The van der Waals surface area contributed by atoms with Crippen LogP contribution >= 0.6 is 0 Å². The normalized spacial score (nSPS) is 10.8. The average molecular weight is 301 g/mol. The summed E-state index contributed by atoms with van der Waals surface area (Å²) in [4.78, 5) is 11.0. The fraction of sp³-hybridized carbons (Fsp3) is 0.294. The molecule has 116 valence electrons.